The number of carbonyl (C=O) groups is 3. The molecular formula is C20H26F3N3O4. The highest BCUT2D eigenvalue weighted by molar-refractivity contribution is 5.87. The minimum absolute atomic E-state index is 0.00429. The highest BCUT2D eigenvalue weighted by Crippen LogP contribution is 2.32. The second-order valence-electron chi connectivity index (χ2n) is 7.66. The normalized spacial score (nSPS) is 17.8. The van der Waals surface area contributed by atoms with Crippen LogP contribution in [0, 0.1) is 5.92 Å². The Balaban J connectivity index is 2.03. The summed E-state index contributed by atoms with van der Waals surface area (Å²) in [5.41, 5.74) is -0.792. The standard InChI is InChI=1S/C20H26F3N3O4/c1-12(2)8-16(25-19(29)30-3)18(28)24-14-9-17(27)26(11-14)10-13-6-4-5-7-15(13)20(21,22)23/h4-7,12,14,16H,8-11H2,1-3H3,(H,24,28)(H,25,29)/t14-,16+/m0/s1. The van der Waals surface area contributed by atoms with E-state index < -0.39 is 35.8 Å². The first kappa shape index (κ1) is 23.5. The zero-order valence-corrected chi connectivity index (χ0v) is 17.1. The minimum atomic E-state index is -4.52. The number of alkyl carbamates (subject to hydrolysis) is 1. The molecule has 0 bridgehead atoms. The third kappa shape index (κ3) is 6.36. The number of likely N-dealkylation sites (tertiary alicyclic amines) is 1. The fourth-order valence-electron chi connectivity index (χ4n) is 3.37. The van der Waals surface area contributed by atoms with Crippen molar-refractivity contribution in [3.8, 4) is 0 Å². The van der Waals surface area contributed by atoms with Gasteiger partial charge in [0.25, 0.3) is 0 Å². The lowest BCUT2D eigenvalue weighted by atomic mass is 10.0. The fourth-order valence-corrected chi connectivity index (χ4v) is 3.37. The largest absolute Gasteiger partial charge is 0.453 e. The fraction of sp³-hybridized carbons (Fsp3) is 0.550. The lowest BCUT2D eigenvalue weighted by molar-refractivity contribution is -0.139. The van der Waals surface area contributed by atoms with Gasteiger partial charge in [0.2, 0.25) is 11.8 Å². The number of carbonyl (C=O) groups excluding carboxylic acids is 3. The molecule has 10 heteroatoms. The number of alkyl halides is 3. The monoisotopic (exact) mass is 429 g/mol. The van der Waals surface area contributed by atoms with Crippen molar-refractivity contribution in [1.82, 2.24) is 15.5 Å². The molecule has 166 valence electrons. The highest BCUT2D eigenvalue weighted by atomic mass is 19.4. The molecule has 1 aliphatic heterocycles. The summed E-state index contributed by atoms with van der Waals surface area (Å²) < 4.78 is 44.1. The summed E-state index contributed by atoms with van der Waals surface area (Å²) >= 11 is 0. The Labute approximate surface area is 172 Å². The lowest BCUT2D eigenvalue weighted by Gasteiger charge is -2.22. The average Bonchev–Trinajstić information content (AvgIpc) is 2.99. The Kier molecular flexibility index (Phi) is 7.69. The van der Waals surface area contributed by atoms with Gasteiger partial charge in [-0.15, -0.1) is 0 Å². The van der Waals surface area contributed by atoms with Crippen LogP contribution < -0.4 is 10.6 Å². The van der Waals surface area contributed by atoms with Crippen molar-refractivity contribution in [1.29, 1.82) is 0 Å². The van der Waals surface area contributed by atoms with Crippen LogP contribution in [0.1, 0.15) is 37.8 Å². The van der Waals surface area contributed by atoms with E-state index in [0.717, 1.165) is 6.07 Å². The highest BCUT2D eigenvalue weighted by Gasteiger charge is 2.36. The van der Waals surface area contributed by atoms with E-state index in [0.29, 0.717) is 6.42 Å². The van der Waals surface area contributed by atoms with Crippen LogP contribution in [0.3, 0.4) is 0 Å². The van der Waals surface area contributed by atoms with Crippen molar-refractivity contribution in [2.45, 2.75) is 51.5 Å². The van der Waals surface area contributed by atoms with E-state index in [1.165, 1.54) is 30.2 Å². The molecule has 2 N–H and O–H groups in total. The molecule has 3 amide bonds. The maximum Gasteiger partial charge on any atom is 0.416 e. The number of benzene rings is 1. The minimum Gasteiger partial charge on any atom is -0.453 e. The molecule has 1 aliphatic rings. The van der Waals surface area contributed by atoms with Crippen LogP contribution in [-0.4, -0.2) is 48.5 Å². The molecule has 1 aromatic rings. The molecule has 7 nitrogen and oxygen atoms in total. The number of rotatable bonds is 7. The number of ether oxygens (including phenoxy) is 1. The van der Waals surface area contributed by atoms with E-state index in [4.69, 9.17) is 0 Å². The first-order valence-corrected chi connectivity index (χ1v) is 9.59. The second kappa shape index (κ2) is 9.82. The molecule has 1 fully saturated rings. The van der Waals surface area contributed by atoms with Gasteiger partial charge >= 0.3 is 12.3 Å². The zero-order chi connectivity index (χ0) is 22.5. The number of hydrogen-bond acceptors (Lipinski definition) is 4. The molecule has 0 aromatic heterocycles. The van der Waals surface area contributed by atoms with Crippen LogP contribution in [0.2, 0.25) is 0 Å². The Bertz CT molecular complexity index is 783. The van der Waals surface area contributed by atoms with E-state index >= 15 is 0 Å². The van der Waals surface area contributed by atoms with E-state index in [9.17, 15) is 27.6 Å². The molecule has 0 saturated carbocycles. The van der Waals surface area contributed by atoms with Gasteiger partial charge in [0, 0.05) is 19.5 Å². The molecule has 0 unspecified atom stereocenters. The molecular weight excluding hydrogens is 403 g/mol. The molecule has 1 heterocycles. The molecule has 0 aliphatic carbocycles. The van der Waals surface area contributed by atoms with Crippen molar-refractivity contribution in [2.24, 2.45) is 5.92 Å². The quantitative estimate of drug-likeness (QED) is 0.698. The Morgan fingerprint density at radius 3 is 2.53 bits per heavy atom. The Morgan fingerprint density at radius 1 is 1.27 bits per heavy atom. The first-order valence-electron chi connectivity index (χ1n) is 9.59. The number of amides is 3. The molecule has 0 spiro atoms. The maximum absolute atomic E-state index is 13.2. The predicted octanol–water partition coefficient (Wildman–Crippen LogP) is 2.69. The van der Waals surface area contributed by atoms with Gasteiger partial charge in [0.15, 0.2) is 0 Å². The van der Waals surface area contributed by atoms with Crippen molar-refractivity contribution in [3.63, 3.8) is 0 Å². The van der Waals surface area contributed by atoms with Crippen molar-refractivity contribution >= 4 is 17.9 Å². The third-order valence-corrected chi connectivity index (χ3v) is 4.75. The second-order valence-corrected chi connectivity index (χ2v) is 7.66. The number of nitrogens with zero attached hydrogens (tertiary/aromatic N) is 1. The summed E-state index contributed by atoms with van der Waals surface area (Å²) in [6.07, 6.45) is -4.92. The van der Waals surface area contributed by atoms with Crippen molar-refractivity contribution in [2.75, 3.05) is 13.7 Å². The first-order chi connectivity index (χ1) is 14.0. The zero-order valence-electron chi connectivity index (χ0n) is 17.1. The number of halogens is 3. The van der Waals surface area contributed by atoms with Gasteiger partial charge < -0.3 is 20.3 Å². The Morgan fingerprint density at radius 2 is 1.93 bits per heavy atom. The molecule has 30 heavy (non-hydrogen) atoms. The predicted molar refractivity (Wildman–Crippen MR) is 102 cm³/mol. The average molecular weight is 429 g/mol. The van der Waals surface area contributed by atoms with Gasteiger partial charge in [-0.2, -0.15) is 13.2 Å². The number of hydrogen-bond donors (Lipinski definition) is 2. The van der Waals surface area contributed by atoms with E-state index in [1.54, 1.807) is 0 Å². The van der Waals surface area contributed by atoms with Gasteiger partial charge in [0.05, 0.1) is 18.7 Å². The van der Waals surface area contributed by atoms with Gasteiger partial charge in [-0.3, -0.25) is 9.59 Å². The summed E-state index contributed by atoms with van der Waals surface area (Å²) in [4.78, 5) is 37.7. The van der Waals surface area contributed by atoms with Crippen LogP contribution in [0.15, 0.2) is 24.3 Å². The molecule has 0 radical (unpaired) electrons. The number of methoxy groups -OCH3 is 1. The summed E-state index contributed by atoms with van der Waals surface area (Å²) in [7, 11) is 1.19. The SMILES string of the molecule is COC(=O)N[C@H](CC(C)C)C(=O)N[C@H]1CC(=O)N(Cc2ccccc2C(F)(F)F)C1. The van der Waals surface area contributed by atoms with Crippen LogP contribution in [0.25, 0.3) is 0 Å². The number of nitrogens with one attached hydrogen (secondary N) is 2. The van der Waals surface area contributed by atoms with Gasteiger partial charge in [-0.1, -0.05) is 32.0 Å². The van der Waals surface area contributed by atoms with Crippen LogP contribution in [0.5, 0.6) is 0 Å². The topological polar surface area (TPSA) is 87.7 Å². The molecule has 2 rings (SSSR count). The van der Waals surface area contributed by atoms with Crippen LogP contribution in [-0.2, 0) is 27.0 Å². The van der Waals surface area contributed by atoms with Crippen LogP contribution in [0.4, 0.5) is 18.0 Å². The van der Waals surface area contributed by atoms with E-state index in [2.05, 4.69) is 15.4 Å². The smallest absolute Gasteiger partial charge is 0.416 e. The summed E-state index contributed by atoms with van der Waals surface area (Å²) in [6, 6.07) is 3.69. The van der Waals surface area contributed by atoms with Gasteiger partial charge in [-0.05, 0) is 24.0 Å². The van der Waals surface area contributed by atoms with E-state index in [-0.39, 0.29) is 36.9 Å². The van der Waals surface area contributed by atoms with Crippen molar-refractivity contribution < 1.29 is 32.3 Å². The molecule has 1 saturated heterocycles. The summed E-state index contributed by atoms with van der Waals surface area (Å²) in [5, 5.41) is 5.17. The summed E-state index contributed by atoms with van der Waals surface area (Å²) in [6.45, 7) is 3.66. The van der Waals surface area contributed by atoms with Gasteiger partial charge in [-0.25, -0.2) is 4.79 Å². The molecule has 2 atom stereocenters. The van der Waals surface area contributed by atoms with Crippen molar-refractivity contribution in [3.05, 3.63) is 35.4 Å². The maximum atomic E-state index is 13.2. The third-order valence-electron chi connectivity index (χ3n) is 4.75. The van der Waals surface area contributed by atoms with Gasteiger partial charge in [0.1, 0.15) is 6.04 Å². The molecule has 1 aromatic carbocycles. The summed E-state index contributed by atoms with van der Waals surface area (Å²) in [5.74, 6) is -0.707. The Hall–Kier alpha value is -2.78. The van der Waals surface area contributed by atoms with Crippen LogP contribution >= 0.6 is 0 Å². The van der Waals surface area contributed by atoms with E-state index in [1.807, 2.05) is 13.8 Å². The lowest BCUT2D eigenvalue weighted by Crippen LogP contribution is -2.50.